The number of benzene rings is 3. The molecule has 1 aliphatic rings. The number of hydrogen-bond donors (Lipinski definition) is 1. The Balaban J connectivity index is 1.25. The second-order valence-electron chi connectivity index (χ2n) is 8.79. The molecule has 4 aromatic rings. The van der Waals surface area contributed by atoms with E-state index in [0.717, 1.165) is 22.8 Å². The number of sulfonamides is 1. The minimum absolute atomic E-state index is 0.100. The fourth-order valence-electron chi connectivity index (χ4n) is 4.53. The Bertz CT molecular complexity index is 1560. The number of amides is 1. The van der Waals surface area contributed by atoms with E-state index in [9.17, 15) is 17.6 Å². The van der Waals surface area contributed by atoms with Crippen molar-refractivity contribution < 1.29 is 22.3 Å². The number of carbonyl (C=O) groups is 1. The molecular weight excluding hydrogens is 513 g/mol. The quantitative estimate of drug-likeness (QED) is 0.368. The lowest BCUT2D eigenvalue weighted by molar-refractivity contribution is 0.0746. The number of ether oxygens (including phenoxy) is 1. The number of nitrogens with zero attached hydrogens (tertiary/aromatic N) is 2. The van der Waals surface area contributed by atoms with Gasteiger partial charge in [0.05, 0.1) is 12.8 Å². The Labute approximate surface area is 219 Å². The van der Waals surface area contributed by atoms with E-state index in [1.807, 2.05) is 24.3 Å². The van der Waals surface area contributed by atoms with E-state index in [0.29, 0.717) is 53.1 Å². The van der Waals surface area contributed by atoms with Gasteiger partial charge in [-0.3, -0.25) is 9.52 Å². The van der Waals surface area contributed by atoms with Crippen LogP contribution in [-0.4, -0.2) is 52.5 Å². The summed E-state index contributed by atoms with van der Waals surface area (Å²) in [6.07, 6.45) is 0. The van der Waals surface area contributed by atoms with Gasteiger partial charge in [0.2, 0.25) is 0 Å². The second kappa shape index (κ2) is 10.0. The fraction of sp³-hybridized carbons (Fsp3) is 0.222. The largest absolute Gasteiger partial charge is 0.495 e. The van der Waals surface area contributed by atoms with E-state index in [4.69, 9.17) is 4.74 Å². The molecular formula is C27H26FN3O4S2. The monoisotopic (exact) mass is 539 g/mol. The average molecular weight is 540 g/mol. The van der Waals surface area contributed by atoms with Gasteiger partial charge in [-0.15, -0.1) is 11.3 Å². The molecule has 1 amide bonds. The number of carbonyl (C=O) groups excluding carboxylic acids is 1. The Morgan fingerprint density at radius 2 is 1.70 bits per heavy atom. The summed E-state index contributed by atoms with van der Waals surface area (Å²) < 4.78 is 48.6. The van der Waals surface area contributed by atoms with Crippen molar-refractivity contribution in [2.24, 2.45) is 0 Å². The molecule has 1 N–H and O–H groups in total. The molecule has 5 rings (SSSR count). The van der Waals surface area contributed by atoms with Crippen molar-refractivity contribution in [3.8, 4) is 5.75 Å². The van der Waals surface area contributed by atoms with Crippen molar-refractivity contribution >= 4 is 48.7 Å². The maximum atomic E-state index is 13.6. The molecule has 37 heavy (non-hydrogen) atoms. The molecule has 0 saturated carbocycles. The minimum atomic E-state index is -3.88. The summed E-state index contributed by atoms with van der Waals surface area (Å²) in [6.45, 7) is 4.17. The van der Waals surface area contributed by atoms with Crippen molar-refractivity contribution in [2.45, 2.75) is 11.1 Å². The van der Waals surface area contributed by atoms with Gasteiger partial charge in [-0.1, -0.05) is 12.1 Å². The SMILES string of the molecule is COc1ccccc1N1CCN(C(=O)c2ccc(NS(=O)(=O)c3sc4ccc(F)cc4c3C)cc2)CC1. The zero-order valence-electron chi connectivity index (χ0n) is 20.4. The lowest BCUT2D eigenvalue weighted by Crippen LogP contribution is -2.48. The van der Waals surface area contributed by atoms with Crippen molar-refractivity contribution in [1.29, 1.82) is 0 Å². The summed E-state index contributed by atoms with van der Waals surface area (Å²) in [7, 11) is -2.23. The number of fused-ring (bicyclic) bond motifs is 1. The van der Waals surface area contributed by atoms with Crippen LogP contribution in [0.15, 0.2) is 70.9 Å². The first-order valence-corrected chi connectivity index (χ1v) is 14.1. The number of aryl methyl sites for hydroxylation is 1. The summed E-state index contributed by atoms with van der Waals surface area (Å²) in [5.74, 6) is 0.293. The van der Waals surface area contributed by atoms with E-state index in [-0.39, 0.29) is 10.1 Å². The Hall–Kier alpha value is -3.63. The van der Waals surface area contributed by atoms with E-state index in [1.54, 1.807) is 49.3 Å². The number of rotatable bonds is 6. The van der Waals surface area contributed by atoms with Gasteiger partial charge in [-0.2, -0.15) is 0 Å². The van der Waals surface area contributed by atoms with Gasteiger partial charge in [-0.05, 0) is 72.5 Å². The van der Waals surface area contributed by atoms with Crippen LogP contribution in [0, 0.1) is 12.7 Å². The van der Waals surface area contributed by atoms with Crippen LogP contribution < -0.4 is 14.4 Å². The van der Waals surface area contributed by atoms with Crippen molar-refractivity contribution in [3.05, 3.63) is 83.7 Å². The van der Waals surface area contributed by atoms with Crippen LogP contribution in [-0.2, 0) is 10.0 Å². The molecule has 0 atom stereocenters. The van der Waals surface area contributed by atoms with Crippen molar-refractivity contribution in [1.82, 2.24) is 4.90 Å². The molecule has 1 saturated heterocycles. The van der Waals surface area contributed by atoms with Gasteiger partial charge in [0.25, 0.3) is 15.9 Å². The number of para-hydroxylation sites is 2. The summed E-state index contributed by atoms with van der Waals surface area (Å²) in [5.41, 5.74) is 2.35. The molecule has 192 valence electrons. The second-order valence-corrected chi connectivity index (χ2v) is 11.7. The molecule has 0 unspecified atom stereocenters. The highest BCUT2D eigenvalue weighted by molar-refractivity contribution is 7.94. The molecule has 10 heteroatoms. The molecule has 3 aromatic carbocycles. The zero-order valence-corrected chi connectivity index (χ0v) is 22.0. The third-order valence-electron chi connectivity index (χ3n) is 6.48. The first kappa shape index (κ1) is 25.0. The van der Waals surface area contributed by atoms with E-state index >= 15 is 0 Å². The summed E-state index contributed by atoms with van der Waals surface area (Å²) in [4.78, 5) is 17.1. The van der Waals surface area contributed by atoms with E-state index < -0.39 is 15.8 Å². The van der Waals surface area contributed by atoms with E-state index in [2.05, 4.69) is 9.62 Å². The molecule has 7 nitrogen and oxygen atoms in total. The Morgan fingerprint density at radius 3 is 2.41 bits per heavy atom. The Morgan fingerprint density at radius 1 is 1.00 bits per heavy atom. The highest BCUT2D eigenvalue weighted by atomic mass is 32.2. The summed E-state index contributed by atoms with van der Waals surface area (Å²) in [5, 5.41) is 0.581. The number of piperazine rings is 1. The topological polar surface area (TPSA) is 79.0 Å². The predicted molar refractivity (Wildman–Crippen MR) is 145 cm³/mol. The molecule has 0 radical (unpaired) electrons. The maximum Gasteiger partial charge on any atom is 0.271 e. The van der Waals surface area contributed by atoms with Crippen molar-refractivity contribution in [3.63, 3.8) is 0 Å². The van der Waals surface area contributed by atoms with Gasteiger partial charge in [-0.25, -0.2) is 12.8 Å². The fourth-order valence-corrected chi connectivity index (χ4v) is 7.34. The number of nitrogens with one attached hydrogen (secondary N) is 1. The van der Waals surface area contributed by atoms with Crippen LogP contribution in [0.4, 0.5) is 15.8 Å². The number of anilines is 2. The van der Waals surface area contributed by atoms with Crippen LogP contribution in [0.1, 0.15) is 15.9 Å². The molecule has 0 bridgehead atoms. The lowest BCUT2D eigenvalue weighted by Gasteiger charge is -2.36. The predicted octanol–water partition coefficient (Wildman–Crippen LogP) is 5.12. The standard InChI is InChI=1S/C27H26FN3O4S2/c1-18-22-17-20(28)9-12-25(22)36-27(18)37(33,34)29-21-10-7-19(8-11-21)26(32)31-15-13-30(14-16-31)23-5-3-4-6-24(23)35-2/h3-12,17,29H,13-16H2,1-2H3. The molecule has 0 spiro atoms. The summed E-state index contributed by atoms with van der Waals surface area (Å²) >= 11 is 1.10. The van der Waals surface area contributed by atoms with E-state index in [1.165, 1.54) is 12.1 Å². The average Bonchev–Trinajstić information content (AvgIpc) is 3.25. The van der Waals surface area contributed by atoms with Gasteiger partial charge in [0.1, 0.15) is 15.8 Å². The molecule has 1 aromatic heterocycles. The van der Waals surface area contributed by atoms with Crippen LogP contribution in [0.5, 0.6) is 5.75 Å². The van der Waals surface area contributed by atoms with Gasteiger partial charge in [0, 0.05) is 42.1 Å². The smallest absolute Gasteiger partial charge is 0.271 e. The molecule has 1 fully saturated rings. The minimum Gasteiger partial charge on any atom is -0.495 e. The zero-order chi connectivity index (χ0) is 26.2. The third kappa shape index (κ3) is 4.99. The lowest BCUT2D eigenvalue weighted by atomic mass is 10.1. The molecule has 0 aliphatic carbocycles. The molecule has 1 aliphatic heterocycles. The molecule has 2 heterocycles. The Kier molecular flexibility index (Phi) is 6.78. The summed E-state index contributed by atoms with van der Waals surface area (Å²) in [6, 6.07) is 18.5. The van der Waals surface area contributed by atoms with Gasteiger partial charge >= 0.3 is 0 Å². The van der Waals surface area contributed by atoms with Crippen LogP contribution in [0.3, 0.4) is 0 Å². The number of methoxy groups -OCH3 is 1. The first-order chi connectivity index (χ1) is 17.8. The number of thiophene rings is 1. The van der Waals surface area contributed by atoms with Crippen LogP contribution in [0.2, 0.25) is 0 Å². The maximum absolute atomic E-state index is 13.6. The normalized spacial score (nSPS) is 14.1. The highest BCUT2D eigenvalue weighted by Crippen LogP contribution is 2.35. The van der Waals surface area contributed by atoms with Crippen LogP contribution >= 0.6 is 11.3 Å². The first-order valence-electron chi connectivity index (χ1n) is 11.8. The van der Waals surface area contributed by atoms with Crippen LogP contribution in [0.25, 0.3) is 10.1 Å². The van der Waals surface area contributed by atoms with Crippen molar-refractivity contribution in [2.75, 3.05) is 42.9 Å². The van der Waals surface area contributed by atoms with Gasteiger partial charge in [0.15, 0.2) is 0 Å². The third-order valence-corrected chi connectivity index (χ3v) is 9.75. The number of hydrogen-bond acceptors (Lipinski definition) is 6. The highest BCUT2D eigenvalue weighted by Gasteiger charge is 2.25. The van der Waals surface area contributed by atoms with Gasteiger partial charge < -0.3 is 14.5 Å². The number of halogens is 1.